The number of halogens is 1. The van der Waals surface area contributed by atoms with Gasteiger partial charge in [0, 0.05) is 0 Å². The number of benzene rings is 2. The molecule has 1 aliphatic rings. The molecule has 0 saturated carbocycles. The van der Waals surface area contributed by atoms with Crippen molar-refractivity contribution < 1.29 is 4.92 Å². The summed E-state index contributed by atoms with van der Waals surface area (Å²) in [7, 11) is 0. The molecule has 0 atom stereocenters. The summed E-state index contributed by atoms with van der Waals surface area (Å²) in [6, 6.07) is 18.5. The van der Waals surface area contributed by atoms with Gasteiger partial charge in [0.1, 0.15) is 5.69 Å². The van der Waals surface area contributed by atoms with Crippen LogP contribution in [-0.4, -0.2) is 10.9 Å². The minimum atomic E-state index is -0.557. The molecule has 0 unspecified atom stereocenters. The van der Waals surface area contributed by atoms with Gasteiger partial charge in [0.25, 0.3) is 0 Å². The van der Waals surface area contributed by atoms with Crippen molar-refractivity contribution in [2.24, 2.45) is 5.10 Å². The molecule has 0 radical (unpaired) electrons. The lowest BCUT2D eigenvalue weighted by Gasteiger charge is -2.21. The Balaban J connectivity index is 0.00000161. The van der Waals surface area contributed by atoms with Crippen molar-refractivity contribution in [2.45, 2.75) is 0 Å². The quantitative estimate of drug-likeness (QED) is 0.666. The zero-order valence-electron chi connectivity index (χ0n) is 10.8. The van der Waals surface area contributed by atoms with E-state index in [4.69, 9.17) is 0 Å². The molecular formula is C13H12BrN5O2. The number of nitrogens with one attached hydrogen (secondary N) is 1. The predicted octanol–water partition coefficient (Wildman–Crippen LogP) is 2.56. The standard InChI is InChI=1S/C13H11N5O2.BrH/c19-18(20)13-14-16(11-7-3-1-4-8-11)17(15-13)12-9-5-2-6-10-12;/h1-10H,(H,14,15);1H. The number of hydrogen-bond acceptors (Lipinski definition) is 6. The van der Waals surface area contributed by atoms with Gasteiger partial charge in [0.15, 0.2) is 0 Å². The predicted molar refractivity (Wildman–Crippen MR) is 85.7 cm³/mol. The third-order valence-corrected chi connectivity index (χ3v) is 2.75. The van der Waals surface area contributed by atoms with E-state index in [1.54, 1.807) is 0 Å². The Labute approximate surface area is 131 Å². The van der Waals surface area contributed by atoms with Crippen LogP contribution in [0.1, 0.15) is 0 Å². The molecule has 1 aliphatic heterocycles. The SMILES string of the molecule is Br.O=[N+]([O-])C1=NN(c2ccccc2)N(c2ccccc2)N1. The van der Waals surface area contributed by atoms with Crippen molar-refractivity contribution in [2.75, 3.05) is 10.2 Å². The molecule has 7 nitrogen and oxygen atoms in total. The molecule has 1 N–H and O–H groups in total. The summed E-state index contributed by atoms with van der Waals surface area (Å²) in [4.78, 5) is 10.4. The maximum atomic E-state index is 10.9. The van der Waals surface area contributed by atoms with Crippen LogP contribution in [0.3, 0.4) is 0 Å². The lowest BCUT2D eigenvalue weighted by Crippen LogP contribution is -2.45. The van der Waals surface area contributed by atoms with Crippen LogP contribution < -0.4 is 15.7 Å². The second-order valence-electron chi connectivity index (χ2n) is 4.06. The molecule has 0 saturated heterocycles. The first kappa shape index (κ1) is 14.8. The second kappa shape index (κ2) is 6.23. The lowest BCUT2D eigenvalue weighted by molar-refractivity contribution is -0.354. The van der Waals surface area contributed by atoms with Gasteiger partial charge in [-0.2, -0.15) is 0 Å². The highest BCUT2D eigenvalue weighted by atomic mass is 79.9. The highest BCUT2D eigenvalue weighted by Crippen LogP contribution is 2.23. The van der Waals surface area contributed by atoms with Gasteiger partial charge in [-0.05, 0) is 29.2 Å². The molecule has 0 aliphatic carbocycles. The van der Waals surface area contributed by atoms with Crippen molar-refractivity contribution in [3.63, 3.8) is 0 Å². The highest BCUT2D eigenvalue weighted by molar-refractivity contribution is 8.93. The molecule has 1 heterocycles. The summed E-state index contributed by atoms with van der Waals surface area (Å²) in [5, 5.41) is 17.9. The number of para-hydroxylation sites is 2. The largest absolute Gasteiger partial charge is 0.473 e. The zero-order chi connectivity index (χ0) is 13.9. The van der Waals surface area contributed by atoms with Gasteiger partial charge in [-0.1, -0.05) is 41.5 Å². The van der Waals surface area contributed by atoms with Crippen molar-refractivity contribution in [1.82, 2.24) is 5.43 Å². The Kier molecular flexibility index (Phi) is 4.39. The Bertz CT molecular complexity index is 650. The Morgan fingerprint density at radius 2 is 1.48 bits per heavy atom. The summed E-state index contributed by atoms with van der Waals surface area (Å²) >= 11 is 0. The van der Waals surface area contributed by atoms with E-state index >= 15 is 0 Å². The van der Waals surface area contributed by atoms with Crippen molar-refractivity contribution >= 4 is 34.3 Å². The van der Waals surface area contributed by atoms with Gasteiger partial charge >= 0.3 is 5.96 Å². The van der Waals surface area contributed by atoms with Gasteiger partial charge in [-0.15, -0.1) is 27.5 Å². The number of rotatable bonds is 2. The number of nitrogens with zero attached hydrogens (tertiary/aromatic N) is 4. The van der Waals surface area contributed by atoms with Crippen LogP contribution in [0.4, 0.5) is 11.4 Å². The normalized spacial score (nSPS) is 13.2. The van der Waals surface area contributed by atoms with E-state index in [9.17, 15) is 10.1 Å². The number of hydrazine groups is 2. The van der Waals surface area contributed by atoms with Crippen LogP contribution in [0.2, 0.25) is 0 Å². The molecular weight excluding hydrogens is 338 g/mol. The fourth-order valence-electron chi connectivity index (χ4n) is 1.85. The van der Waals surface area contributed by atoms with Gasteiger partial charge < -0.3 is 10.1 Å². The molecule has 2 aromatic carbocycles. The fourth-order valence-corrected chi connectivity index (χ4v) is 1.85. The highest BCUT2D eigenvalue weighted by Gasteiger charge is 2.34. The molecule has 8 heteroatoms. The lowest BCUT2D eigenvalue weighted by atomic mass is 10.3. The average molecular weight is 350 g/mol. The summed E-state index contributed by atoms with van der Waals surface area (Å²) in [5.74, 6) is -0.322. The molecule has 0 spiro atoms. The van der Waals surface area contributed by atoms with E-state index in [1.807, 2.05) is 60.7 Å². The van der Waals surface area contributed by atoms with Crippen molar-refractivity contribution in [1.29, 1.82) is 0 Å². The van der Waals surface area contributed by atoms with Gasteiger partial charge in [-0.25, -0.2) is 0 Å². The first-order chi connectivity index (χ1) is 9.75. The molecule has 0 aromatic heterocycles. The van der Waals surface area contributed by atoms with Gasteiger partial charge in [0.05, 0.1) is 10.8 Å². The maximum Gasteiger partial charge on any atom is 0.473 e. The van der Waals surface area contributed by atoms with Crippen LogP contribution >= 0.6 is 17.0 Å². The molecule has 2 aromatic rings. The molecule has 0 bridgehead atoms. The molecule has 3 rings (SSSR count). The van der Waals surface area contributed by atoms with Crippen LogP contribution in [0.15, 0.2) is 65.8 Å². The number of guanidine groups is 1. The van der Waals surface area contributed by atoms with E-state index in [-0.39, 0.29) is 22.9 Å². The van der Waals surface area contributed by atoms with E-state index in [2.05, 4.69) is 10.5 Å². The van der Waals surface area contributed by atoms with E-state index in [0.717, 1.165) is 11.4 Å². The number of hydrazone groups is 1. The number of hydrogen-bond donors (Lipinski definition) is 1. The summed E-state index contributed by atoms with van der Waals surface area (Å²) in [6.07, 6.45) is 0. The van der Waals surface area contributed by atoms with Gasteiger partial charge in [0.2, 0.25) is 0 Å². The van der Waals surface area contributed by atoms with E-state index in [1.165, 1.54) is 10.2 Å². The molecule has 108 valence electrons. The maximum absolute atomic E-state index is 10.9. The fraction of sp³-hybridized carbons (Fsp3) is 0. The van der Waals surface area contributed by atoms with E-state index in [0.29, 0.717) is 0 Å². The minimum Gasteiger partial charge on any atom is -0.390 e. The third-order valence-electron chi connectivity index (χ3n) is 2.75. The first-order valence-corrected chi connectivity index (χ1v) is 5.95. The Morgan fingerprint density at radius 3 is 2.00 bits per heavy atom. The van der Waals surface area contributed by atoms with Crippen molar-refractivity contribution in [3.05, 3.63) is 70.8 Å². The summed E-state index contributed by atoms with van der Waals surface area (Å²) < 4.78 is 0. The number of nitro groups is 1. The zero-order valence-corrected chi connectivity index (χ0v) is 12.5. The van der Waals surface area contributed by atoms with Crippen LogP contribution in [0, 0.1) is 10.1 Å². The third kappa shape index (κ3) is 2.95. The average Bonchev–Trinajstić information content (AvgIpc) is 2.94. The smallest absolute Gasteiger partial charge is 0.390 e. The van der Waals surface area contributed by atoms with Gasteiger partial charge in [-0.3, -0.25) is 0 Å². The molecule has 0 fully saturated rings. The Morgan fingerprint density at radius 1 is 0.952 bits per heavy atom. The monoisotopic (exact) mass is 349 g/mol. The summed E-state index contributed by atoms with van der Waals surface area (Å²) in [6.45, 7) is 0. The number of anilines is 2. The second-order valence-corrected chi connectivity index (χ2v) is 4.06. The topological polar surface area (TPSA) is 74.0 Å². The molecule has 21 heavy (non-hydrogen) atoms. The van der Waals surface area contributed by atoms with E-state index < -0.39 is 4.92 Å². The minimum absolute atomic E-state index is 0. The van der Waals surface area contributed by atoms with Crippen LogP contribution in [0.5, 0.6) is 0 Å². The first-order valence-electron chi connectivity index (χ1n) is 5.95. The molecule has 0 amide bonds. The van der Waals surface area contributed by atoms with Crippen LogP contribution in [-0.2, 0) is 0 Å². The van der Waals surface area contributed by atoms with Crippen LogP contribution in [0.25, 0.3) is 0 Å². The summed E-state index contributed by atoms with van der Waals surface area (Å²) in [5.41, 5.74) is 4.14. The Hall–Kier alpha value is -2.61. The van der Waals surface area contributed by atoms with Crippen molar-refractivity contribution in [3.8, 4) is 0 Å².